The van der Waals surface area contributed by atoms with E-state index in [2.05, 4.69) is 24.1 Å². The van der Waals surface area contributed by atoms with Crippen molar-refractivity contribution in [2.75, 3.05) is 24.5 Å². The molecule has 0 aliphatic rings. The number of thiazole rings is 1. The number of amides is 1. The van der Waals surface area contributed by atoms with Gasteiger partial charge in [-0.05, 0) is 65.0 Å². The van der Waals surface area contributed by atoms with E-state index in [9.17, 15) is 9.59 Å². The highest BCUT2D eigenvalue weighted by atomic mass is 35.5. The number of ether oxygens (including phenoxy) is 1. The third kappa shape index (κ3) is 10.4. The lowest BCUT2D eigenvalue weighted by Gasteiger charge is -2.22. The first-order chi connectivity index (χ1) is 16.4. The molecule has 0 unspecified atom stereocenters. The van der Waals surface area contributed by atoms with E-state index in [-0.39, 0.29) is 5.78 Å². The van der Waals surface area contributed by atoms with Crippen LogP contribution in [0.25, 0.3) is 11.3 Å². The highest BCUT2D eigenvalue weighted by molar-refractivity contribution is 7.16. The standard InChI is InChI=1S/C26H37Cl2N3O3S/c1-17(2)15-22-23(19-9-10-20(27)21(28)16-19)30-24(35-22)31(14-11-18(3)32)13-8-7-12-29-25(33)34-26(4,5)6/h9-10,16-17H,7-8,11-15H2,1-6H3,(H,29,33). The van der Waals surface area contributed by atoms with E-state index in [0.29, 0.717) is 35.5 Å². The second-order valence-electron chi connectivity index (χ2n) is 10.1. The second kappa shape index (κ2) is 13.5. The van der Waals surface area contributed by atoms with Gasteiger partial charge in [0.2, 0.25) is 0 Å². The Morgan fingerprint density at radius 1 is 1.14 bits per heavy atom. The predicted molar refractivity (Wildman–Crippen MR) is 147 cm³/mol. The molecule has 1 aromatic carbocycles. The molecule has 2 rings (SSSR count). The first-order valence-electron chi connectivity index (χ1n) is 12.0. The van der Waals surface area contributed by atoms with Crippen molar-refractivity contribution in [1.82, 2.24) is 10.3 Å². The second-order valence-corrected chi connectivity index (χ2v) is 11.9. The number of hydrogen-bond donors (Lipinski definition) is 1. The van der Waals surface area contributed by atoms with Crippen molar-refractivity contribution >= 4 is 51.5 Å². The first kappa shape index (κ1) is 29.4. The number of aromatic nitrogens is 1. The maximum Gasteiger partial charge on any atom is 0.407 e. The lowest BCUT2D eigenvalue weighted by atomic mass is 10.0. The molecule has 0 bridgehead atoms. The molecule has 1 aromatic heterocycles. The van der Waals surface area contributed by atoms with Crippen LogP contribution in [0.2, 0.25) is 10.0 Å². The summed E-state index contributed by atoms with van der Waals surface area (Å²) in [6.45, 7) is 13.4. The van der Waals surface area contributed by atoms with Gasteiger partial charge in [0.1, 0.15) is 11.4 Å². The number of Topliss-reactive ketones (excluding diaryl/α,β-unsaturated/α-hetero) is 1. The van der Waals surface area contributed by atoms with Gasteiger partial charge in [0.15, 0.2) is 5.13 Å². The Hall–Kier alpha value is -1.83. The van der Waals surface area contributed by atoms with E-state index >= 15 is 0 Å². The number of nitrogens with one attached hydrogen (secondary N) is 1. The van der Waals surface area contributed by atoms with Crippen LogP contribution in [-0.4, -0.2) is 42.1 Å². The molecular formula is C26H37Cl2N3O3S. The molecule has 9 heteroatoms. The summed E-state index contributed by atoms with van der Waals surface area (Å²) in [5.74, 6) is 0.611. The number of ketones is 1. The molecule has 0 aliphatic carbocycles. The molecule has 1 heterocycles. The van der Waals surface area contributed by atoms with Crippen molar-refractivity contribution in [2.24, 2.45) is 5.92 Å². The van der Waals surface area contributed by atoms with E-state index in [0.717, 1.165) is 42.2 Å². The zero-order valence-electron chi connectivity index (χ0n) is 21.5. The van der Waals surface area contributed by atoms with Gasteiger partial charge in [0.25, 0.3) is 0 Å². The SMILES string of the molecule is CC(=O)CCN(CCCCNC(=O)OC(C)(C)C)c1nc(-c2ccc(Cl)c(Cl)c2)c(CC(C)C)s1. The number of anilines is 1. The number of carbonyl (C=O) groups is 2. The van der Waals surface area contributed by atoms with Gasteiger partial charge in [0, 0.05) is 36.5 Å². The van der Waals surface area contributed by atoms with Crippen LogP contribution < -0.4 is 10.2 Å². The van der Waals surface area contributed by atoms with Crippen LogP contribution in [0.15, 0.2) is 18.2 Å². The van der Waals surface area contributed by atoms with Gasteiger partial charge in [-0.25, -0.2) is 9.78 Å². The molecule has 35 heavy (non-hydrogen) atoms. The van der Waals surface area contributed by atoms with Gasteiger partial charge < -0.3 is 15.0 Å². The smallest absolute Gasteiger partial charge is 0.407 e. The lowest BCUT2D eigenvalue weighted by Crippen LogP contribution is -2.33. The number of carbonyl (C=O) groups excluding carboxylic acids is 2. The van der Waals surface area contributed by atoms with Gasteiger partial charge in [-0.3, -0.25) is 4.79 Å². The van der Waals surface area contributed by atoms with E-state index in [1.54, 1.807) is 24.3 Å². The third-order valence-corrected chi connectivity index (χ3v) is 6.88. The lowest BCUT2D eigenvalue weighted by molar-refractivity contribution is -0.116. The zero-order chi connectivity index (χ0) is 26.2. The molecule has 0 aliphatic heterocycles. The Labute approximate surface area is 223 Å². The topological polar surface area (TPSA) is 71.5 Å². The van der Waals surface area contributed by atoms with Crippen molar-refractivity contribution < 1.29 is 14.3 Å². The van der Waals surface area contributed by atoms with Crippen LogP contribution in [-0.2, 0) is 16.0 Å². The van der Waals surface area contributed by atoms with Crippen molar-refractivity contribution in [3.05, 3.63) is 33.1 Å². The van der Waals surface area contributed by atoms with Crippen LogP contribution in [0.5, 0.6) is 0 Å². The van der Waals surface area contributed by atoms with Crippen molar-refractivity contribution in [3.63, 3.8) is 0 Å². The normalized spacial score (nSPS) is 11.6. The summed E-state index contributed by atoms with van der Waals surface area (Å²) in [6.07, 6.45) is 2.58. The third-order valence-electron chi connectivity index (χ3n) is 5.00. The quantitative estimate of drug-likeness (QED) is 0.283. The highest BCUT2D eigenvalue weighted by Crippen LogP contribution is 2.37. The van der Waals surface area contributed by atoms with Crippen molar-refractivity contribution in [2.45, 2.75) is 72.8 Å². The average molecular weight is 543 g/mol. The summed E-state index contributed by atoms with van der Waals surface area (Å²) < 4.78 is 5.28. The minimum Gasteiger partial charge on any atom is -0.444 e. The fourth-order valence-electron chi connectivity index (χ4n) is 3.38. The summed E-state index contributed by atoms with van der Waals surface area (Å²) in [7, 11) is 0. The first-order valence-corrected chi connectivity index (χ1v) is 13.6. The Morgan fingerprint density at radius 2 is 1.86 bits per heavy atom. The Bertz CT molecular complexity index is 1000. The van der Waals surface area contributed by atoms with Gasteiger partial charge in [-0.1, -0.05) is 43.1 Å². The summed E-state index contributed by atoms with van der Waals surface area (Å²) in [5, 5.41) is 4.70. The Morgan fingerprint density at radius 3 is 2.46 bits per heavy atom. The van der Waals surface area contributed by atoms with E-state index in [4.69, 9.17) is 32.9 Å². The Balaban J connectivity index is 2.15. The van der Waals surface area contributed by atoms with Gasteiger partial charge in [-0.15, -0.1) is 11.3 Å². The van der Waals surface area contributed by atoms with E-state index < -0.39 is 11.7 Å². The summed E-state index contributed by atoms with van der Waals surface area (Å²) in [4.78, 5) is 31.9. The average Bonchev–Trinajstić information content (AvgIpc) is 3.13. The molecular weight excluding hydrogens is 505 g/mol. The molecule has 0 atom stereocenters. The van der Waals surface area contributed by atoms with Gasteiger partial charge in [0.05, 0.1) is 15.7 Å². The monoisotopic (exact) mass is 541 g/mol. The molecule has 0 spiro atoms. The summed E-state index contributed by atoms with van der Waals surface area (Å²) >= 11 is 14.1. The Kier molecular flexibility index (Phi) is 11.3. The minimum absolute atomic E-state index is 0.144. The number of unbranched alkanes of at least 4 members (excludes halogenated alkanes) is 1. The molecule has 2 aromatic rings. The predicted octanol–water partition coefficient (Wildman–Crippen LogP) is 7.41. The molecule has 0 fully saturated rings. The molecule has 194 valence electrons. The zero-order valence-corrected chi connectivity index (χ0v) is 23.9. The fourth-order valence-corrected chi connectivity index (χ4v) is 5.02. The number of alkyl carbamates (subject to hydrolysis) is 1. The summed E-state index contributed by atoms with van der Waals surface area (Å²) in [5.41, 5.74) is 1.33. The number of nitrogens with zero attached hydrogens (tertiary/aromatic N) is 2. The largest absolute Gasteiger partial charge is 0.444 e. The van der Waals surface area contributed by atoms with Crippen molar-refractivity contribution in [3.8, 4) is 11.3 Å². The van der Waals surface area contributed by atoms with E-state index in [1.165, 1.54) is 4.88 Å². The van der Waals surface area contributed by atoms with Crippen molar-refractivity contribution in [1.29, 1.82) is 0 Å². The summed E-state index contributed by atoms with van der Waals surface area (Å²) in [6, 6.07) is 5.59. The number of rotatable bonds is 12. The molecule has 1 N–H and O–H groups in total. The maximum atomic E-state index is 11.9. The van der Waals surface area contributed by atoms with Gasteiger partial charge in [-0.2, -0.15) is 0 Å². The molecule has 6 nitrogen and oxygen atoms in total. The maximum absolute atomic E-state index is 11.9. The van der Waals surface area contributed by atoms with E-state index in [1.807, 2.05) is 32.9 Å². The van der Waals surface area contributed by atoms with Crippen LogP contribution in [0, 0.1) is 5.92 Å². The molecule has 0 saturated carbocycles. The molecule has 0 saturated heterocycles. The molecule has 0 radical (unpaired) electrons. The van der Waals surface area contributed by atoms with Crippen LogP contribution in [0.4, 0.5) is 9.93 Å². The van der Waals surface area contributed by atoms with Gasteiger partial charge >= 0.3 is 6.09 Å². The van der Waals surface area contributed by atoms with Crippen LogP contribution in [0.1, 0.15) is 65.7 Å². The number of benzene rings is 1. The fraction of sp³-hybridized carbons (Fsp3) is 0.577. The highest BCUT2D eigenvalue weighted by Gasteiger charge is 2.20. The minimum atomic E-state index is -0.516. The van der Waals surface area contributed by atoms with Crippen LogP contribution >= 0.6 is 34.5 Å². The number of hydrogen-bond acceptors (Lipinski definition) is 6. The van der Waals surface area contributed by atoms with Crippen LogP contribution in [0.3, 0.4) is 0 Å². The molecule has 1 amide bonds. The number of halogens is 2.